The van der Waals surface area contributed by atoms with Crippen LogP contribution >= 0.6 is 11.6 Å². The number of alkyl halides is 3. The zero-order valence-corrected chi connectivity index (χ0v) is 20.7. The number of hydrogen-bond acceptors (Lipinski definition) is 4. The molecule has 0 fully saturated rings. The van der Waals surface area contributed by atoms with Gasteiger partial charge in [0, 0.05) is 17.6 Å². The Morgan fingerprint density at radius 3 is 2.39 bits per heavy atom. The lowest BCUT2D eigenvalue weighted by Crippen LogP contribution is -2.58. The van der Waals surface area contributed by atoms with Crippen LogP contribution in [0.4, 0.5) is 27.6 Å². The first-order valence-electron chi connectivity index (χ1n) is 11.4. The number of carbonyl (C=O) groups is 1. The van der Waals surface area contributed by atoms with E-state index in [-0.39, 0.29) is 17.3 Å². The molecule has 38 heavy (non-hydrogen) atoms. The Morgan fingerprint density at radius 1 is 1.08 bits per heavy atom. The van der Waals surface area contributed by atoms with Crippen molar-refractivity contribution in [3.63, 3.8) is 0 Å². The summed E-state index contributed by atoms with van der Waals surface area (Å²) in [6.45, 7) is -1.04. The fourth-order valence-electron chi connectivity index (χ4n) is 3.98. The van der Waals surface area contributed by atoms with E-state index >= 15 is 0 Å². The van der Waals surface area contributed by atoms with Crippen LogP contribution in [0.25, 0.3) is 16.6 Å². The van der Waals surface area contributed by atoms with Gasteiger partial charge >= 0.3 is 6.18 Å². The van der Waals surface area contributed by atoms with E-state index in [0.717, 1.165) is 6.07 Å². The highest BCUT2D eigenvalue weighted by atomic mass is 35.5. The highest BCUT2D eigenvalue weighted by Gasteiger charge is 2.55. The monoisotopic (exact) mass is 552 g/mol. The van der Waals surface area contributed by atoms with Gasteiger partial charge in [0.1, 0.15) is 11.6 Å². The lowest BCUT2D eigenvalue weighted by molar-refractivity contribution is -0.257. The zero-order valence-electron chi connectivity index (χ0n) is 19.9. The minimum Gasteiger partial charge on any atom is -0.381 e. The molecule has 1 aromatic heterocycles. The maximum atomic E-state index is 14.3. The van der Waals surface area contributed by atoms with Crippen LogP contribution in [-0.2, 0) is 0 Å². The second-order valence-corrected chi connectivity index (χ2v) is 8.98. The summed E-state index contributed by atoms with van der Waals surface area (Å²) < 4.78 is 71.4. The van der Waals surface area contributed by atoms with Crippen LogP contribution in [0, 0.1) is 11.6 Å². The molecule has 1 heterocycles. The third-order valence-electron chi connectivity index (χ3n) is 6.08. The van der Waals surface area contributed by atoms with E-state index in [4.69, 9.17) is 11.6 Å². The van der Waals surface area contributed by atoms with E-state index in [1.54, 1.807) is 12.1 Å². The minimum atomic E-state index is -5.15. The van der Waals surface area contributed by atoms with Crippen molar-refractivity contribution >= 4 is 34.1 Å². The van der Waals surface area contributed by atoms with Crippen molar-refractivity contribution in [3.05, 3.63) is 89.1 Å². The number of likely N-dealkylation sites (N-methyl/N-ethyl adjacent to an activating group) is 1. The van der Waals surface area contributed by atoms with Gasteiger partial charge in [0.15, 0.2) is 5.60 Å². The number of aromatic nitrogens is 2. The molecule has 0 aliphatic heterocycles. The van der Waals surface area contributed by atoms with E-state index in [1.165, 1.54) is 60.3 Å². The number of fused-ring (bicyclic) bond motifs is 1. The van der Waals surface area contributed by atoms with Gasteiger partial charge in [-0.15, -0.1) is 0 Å². The van der Waals surface area contributed by atoms with E-state index in [0.29, 0.717) is 21.5 Å². The molecule has 3 aromatic carbocycles. The average Bonchev–Trinajstić information content (AvgIpc) is 3.30. The number of benzene rings is 3. The number of hydrogen-bond donors (Lipinski definition) is 2. The molecule has 0 radical (unpaired) electrons. The summed E-state index contributed by atoms with van der Waals surface area (Å²) >= 11 is 5.93. The van der Waals surface area contributed by atoms with Gasteiger partial charge in [0.25, 0.3) is 5.91 Å². The smallest absolute Gasteiger partial charge is 0.381 e. The van der Waals surface area contributed by atoms with Crippen molar-refractivity contribution in [2.24, 2.45) is 0 Å². The average molecular weight is 553 g/mol. The second kappa shape index (κ2) is 10.6. The van der Waals surface area contributed by atoms with E-state index in [2.05, 4.69) is 10.4 Å². The number of anilines is 1. The number of carbonyl (C=O) groups excluding carboxylic acids is 1. The summed E-state index contributed by atoms with van der Waals surface area (Å²) in [6, 6.07) is 13.8. The molecule has 6 nitrogen and oxygen atoms in total. The molecule has 0 bridgehead atoms. The Kier molecular flexibility index (Phi) is 7.61. The Labute approximate surface area is 219 Å². The molecule has 0 saturated heterocycles. The van der Waals surface area contributed by atoms with Crippen molar-refractivity contribution in [2.75, 3.05) is 25.0 Å². The maximum Gasteiger partial charge on any atom is 0.420 e. The topological polar surface area (TPSA) is 70.4 Å². The summed E-state index contributed by atoms with van der Waals surface area (Å²) in [7, 11) is 0. The van der Waals surface area contributed by atoms with Crippen LogP contribution in [0.5, 0.6) is 0 Å². The van der Waals surface area contributed by atoms with Crippen LogP contribution in [0.15, 0.2) is 66.9 Å². The number of nitrogens with one attached hydrogen (secondary N) is 1. The van der Waals surface area contributed by atoms with Crippen LogP contribution in [-0.4, -0.2) is 57.1 Å². The molecule has 1 atom stereocenters. The van der Waals surface area contributed by atoms with Crippen LogP contribution in [0.1, 0.15) is 17.3 Å². The van der Waals surface area contributed by atoms with Crippen LogP contribution in [0.3, 0.4) is 0 Å². The van der Waals surface area contributed by atoms with Gasteiger partial charge in [-0.25, -0.2) is 13.5 Å². The minimum absolute atomic E-state index is 0.241. The Bertz CT molecular complexity index is 1440. The summed E-state index contributed by atoms with van der Waals surface area (Å²) in [5.41, 5.74) is -2.67. The first kappa shape index (κ1) is 27.3. The lowest BCUT2D eigenvalue weighted by atomic mass is 10.0. The molecule has 4 rings (SSSR count). The van der Waals surface area contributed by atoms with Gasteiger partial charge in [-0.05, 0) is 55.5 Å². The molecule has 0 aliphatic rings. The molecule has 1 unspecified atom stereocenters. The second-order valence-electron chi connectivity index (χ2n) is 8.57. The highest BCUT2D eigenvalue weighted by Crippen LogP contribution is 2.34. The number of nitrogens with zero attached hydrogens (tertiary/aromatic N) is 3. The molecule has 0 spiro atoms. The number of halogens is 6. The largest absolute Gasteiger partial charge is 0.420 e. The normalized spacial score (nSPS) is 13.4. The number of aliphatic hydroxyl groups is 1. The summed E-state index contributed by atoms with van der Waals surface area (Å²) in [5, 5.41) is 17.8. The fraction of sp³-hybridized carbons (Fsp3) is 0.231. The van der Waals surface area contributed by atoms with Crippen molar-refractivity contribution < 1.29 is 31.9 Å². The Hall–Kier alpha value is -3.70. The lowest BCUT2D eigenvalue weighted by Gasteiger charge is -2.36. The van der Waals surface area contributed by atoms with Gasteiger partial charge in [0.05, 0.1) is 41.1 Å². The van der Waals surface area contributed by atoms with Gasteiger partial charge in [-0.2, -0.15) is 18.3 Å². The van der Waals surface area contributed by atoms with Crippen molar-refractivity contribution in [1.29, 1.82) is 0 Å². The summed E-state index contributed by atoms with van der Waals surface area (Å²) in [5.74, 6) is -2.50. The molecule has 4 aromatic rings. The number of amides is 1. The van der Waals surface area contributed by atoms with Gasteiger partial charge in [-0.3, -0.25) is 4.79 Å². The SMILES string of the molecule is CCN(CC(O)(CNc1cccc2c1cnn2-c1ccc(F)cc1)C(F)(F)F)C(=O)c1c(F)cccc1Cl. The fourth-order valence-corrected chi connectivity index (χ4v) is 4.23. The van der Waals surface area contributed by atoms with Crippen LogP contribution in [0.2, 0.25) is 5.02 Å². The van der Waals surface area contributed by atoms with Crippen LogP contribution < -0.4 is 5.32 Å². The van der Waals surface area contributed by atoms with Gasteiger partial charge in [0.2, 0.25) is 0 Å². The first-order valence-corrected chi connectivity index (χ1v) is 11.8. The highest BCUT2D eigenvalue weighted by molar-refractivity contribution is 6.33. The van der Waals surface area contributed by atoms with E-state index < -0.39 is 48.0 Å². The molecule has 1 amide bonds. The van der Waals surface area contributed by atoms with Crippen molar-refractivity contribution in [1.82, 2.24) is 14.7 Å². The summed E-state index contributed by atoms with van der Waals surface area (Å²) in [4.78, 5) is 13.6. The standard InChI is InChI=1S/C26H22ClF5N4O2/c1-2-35(24(37)23-19(27)5-3-6-20(23)29)15-25(38,26(30,31)32)14-33-21-7-4-8-22-18(21)13-34-36(22)17-11-9-16(28)10-12-17/h3-13,33,38H,2,14-15H2,1H3. The molecule has 0 saturated carbocycles. The van der Waals surface area contributed by atoms with E-state index in [9.17, 15) is 31.9 Å². The number of rotatable bonds is 8. The van der Waals surface area contributed by atoms with E-state index in [1.807, 2.05) is 0 Å². The third-order valence-corrected chi connectivity index (χ3v) is 6.40. The molecular weight excluding hydrogens is 531 g/mol. The Balaban J connectivity index is 1.61. The molecule has 12 heteroatoms. The predicted octanol–water partition coefficient (Wildman–Crippen LogP) is 5.82. The van der Waals surface area contributed by atoms with Crippen molar-refractivity contribution in [3.8, 4) is 5.69 Å². The predicted molar refractivity (Wildman–Crippen MR) is 134 cm³/mol. The first-order chi connectivity index (χ1) is 17.9. The quantitative estimate of drug-likeness (QED) is 0.270. The molecule has 0 aliphatic carbocycles. The molecule has 200 valence electrons. The maximum absolute atomic E-state index is 14.3. The van der Waals surface area contributed by atoms with Gasteiger partial charge in [-0.1, -0.05) is 23.7 Å². The summed E-state index contributed by atoms with van der Waals surface area (Å²) in [6.07, 6.45) is -3.73. The molecular formula is C26H22ClF5N4O2. The Morgan fingerprint density at radius 2 is 1.76 bits per heavy atom. The van der Waals surface area contributed by atoms with Gasteiger partial charge < -0.3 is 15.3 Å². The zero-order chi connectivity index (χ0) is 27.7. The molecule has 2 N–H and O–H groups in total. The third kappa shape index (κ3) is 5.30. The van der Waals surface area contributed by atoms with Crippen molar-refractivity contribution in [2.45, 2.75) is 18.7 Å².